The van der Waals surface area contributed by atoms with Crippen LogP contribution in [0.4, 0.5) is 0 Å². The van der Waals surface area contributed by atoms with E-state index < -0.39 is 0 Å². The molecule has 0 N–H and O–H groups in total. The molecule has 0 saturated heterocycles. The van der Waals surface area contributed by atoms with E-state index in [9.17, 15) is 0 Å². The van der Waals surface area contributed by atoms with Crippen LogP contribution in [0.3, 0.4) is 0 Å². The molecule has 3 aromatic carbocycles. The quantitative estimate of drug-likeness (QED) is 0.383. The number of benzene rings is 3. The molecular formula is C20H14S. The van der Waals surface area contributed by atoms with Crippen molar-refractivity contribution in [3.63, 3.8) is 0 Å². The predicted octanol–water partition coefficient (Wildman–Crippen LogP) is 6.22. The second kappa shape index (κ2) is 5.19. The van der Waals surface area contributed by atoms with Crippen LogP contribution < -0.4 is 0 Å². The molecule has 4 rings (SSSR count). The Hall–Kier alpha value is -2.38. The van der Waals surface area contributed by atoms with Crippen LogP contribution in [0.5, 0.6) is 0 Å². The Labute approximate surface area is 128 Å². The topological polar surface area (TPSA) is 0 Å². The van der Waals surface area contributed by atoms with Crippen LogP contribution in [0.1, 0.15) is 11.1 Å². The van der Waals surface area contributed by atoms with E-state index in [-0.39, 0.29) is 0 Å². The summed E-state index contributed by atoms with van der Waals surface area (Å²) < 4.78 is 0. The maximum absolute atomic E-state index is 2.27. The van der Waals surface area contributed by atoms with Crippen LogP contribution in [-0.2, 0) is 0 Å². The molecule has 0 aliphatic heterocycles. The zero-order chi connectivity index (χ0) is 14.1. The van der Waals surface area contributed by atoms with Gasteiger partial charge in [-0.15, -0.1) is 0 Å². The van der Waals surface area contributed by atoms with E-state index in [1.54, 1.807) is 11.3 Å². The van der Waals surface area contributed by atoms with Crippen LogP contribution in [-0.4, -0.2) is 0 Å². The minimum Gasteiger partial charge on any atom is -0.152 e. The third-order valence-electron chi connectivity index (χ3n) is 3.80. The van der Waals surface area contributed by atoms with E-state index in [1.807, 2.05) is 0 Å². The Morgan fingerprint density at radius 2 is 1.38 bits per heavy atom. The van der Waals surface area contributed by atoms with Gasteiger partial charge in [0.15, 0.2) is 0 Å². The fraction of sp³-hybridized carbons (Fsp3) is 0. The summed E-state index contributed by atoms with van der Waals surface area (Å²) in [4.78, 5) is 0. The molecule has 0 nitrogen and oxygen atoms in total. The molecule has 21 heavy (non-hydrogen) atoms. The van der Waals surface area contributed by atoms with E-state index in [1.165, 1.54) is 32.7 Å². The van der Waals surface area contributed by atoms with Crippen LogP contribution in [0.2, 0.25) is 0 Å². The lowest BCUT2D eigenvalue weighted by molar-refractivity contribution is 1.74. The summed E-state index contributed by atoms with van der Waals surface area (Å²) in [5, 5.41) is 9.48. The Morgan fingerprint density at radius 1 is 0.714 bits per heavy atom. The van der Waals surface area contributed by atoms with Gasteiger partial charge >= 0.3 is 0 Å². The molecule has 100 valence electrons. The van der Waals surface area contributed by atoms with Gasteiger partial charge in [0.25, 0.3) is 0 Å². The van der Waals surface area contributed by atoms with Crippen molar-refractivity contribution in [2.45, 2.75) is 0 Å². The zero-order valence-electron chi connectivity index (χ0n) is 11.5. The maximum Gasteiger partial charge on any atom is -0.00208 e. The van der Waals surface area contributed by atoms with E-state index in [2.05, 4.69) is 83.6 Å². The van der Waals surface area contributed by atoms with Crippen molar-refractivity contribution < 1.29 is 0 Å². The average Bonchev–Trinajstić information content (AvgIpc) is 3.05. The zero-order valence-corrected chi connectivity index (χ0v) is 12.3. The van der Waals surface area contributed by atoms with Crippen molar-refractivity contribution in [3.8, 4) is 0 Å². The highest BCUT2D eigenvalue weighted by Crippen LogP contribution is 2.30. The molecule has 0 atom stereocenters. The van der Waals surface area contributed by atoms with Crippen LogP contribution >= 0.6 is 11.3 Å². The summed E-state index contributed by atoms with van der Waals surface area (Å²) >= 11 is 1.73. The second-order valence-corrected chi connectivity index (χ2v) is 5.90. The third kappa shape index (κ3) is 2.26. The maximum atomic E-state index is 2.27. The van der Waals surface area contributed by atoms with Gasteiger partial charge in [-0.2, -0.15) is 11.3 Å². The highest BCUT2D eigenvalue weighted by molar-refractivity contribution is 7.08. The molecule has 0 aliphatic rings. The molecule has 0 radical (unpaired) electrons. The van der Waals surface area contributed by atoms with Gasteiger partial charge in [0, 0.05) is 0 Å². The van der Waals surface area contributed by atoms with Crippen molar-refractivity contribution in [2.24, 2.45) is 0 Å². The summed E-state index contributed by atoms with van der Waals surface area (Å²) in [5.41, 5.74) is 2.56. The van der Waals surface area contributed by atoms with Gasteiger partial charge in [0.2, 0.25) is 0 Å². The first-order valence-corrected chi connectivity index (χ1v) is 7.97. The summed E-state index contributed by atoms with van der Waals surface area (Å²) in [7, 11) is 0. The first-order valence-electron chi connectivity index (χ1n) is 7.02. The van der Waals surface area contributed by atoms with Crippen molar-refractivity contribution in [3.05, 3.63) is 82.6 Å². The van der Waals surface area contributed by atoms with Gasteiger partial charge in [0.05, 0.1) is 0 Å². The Morgan fingerprint density at radius 3 is 2.00 bits per heavy atom. The predicted molar refractivity (Wildman–Crippen MR) is 94.7 cm³/mol. The van der Waals surface area contributed by atoms with E-state index in [0.717, 1.165) is 0 Å². The van der Waals surface area contributed by atoms with Crippen molar-refractivity contribution >= 4 is 45.0 Å². The van der Waals surface area contributed by atoms with Crippen molar-refractivity contribution in [2.75, 3.05) is 0 Å². The largest absolute Gasteiger partial charge is 0.152 e. The van der Waals surface area contributed by atoms with Gasteiger partial charge in [-0.25, -0.2) is 0 Å². The number of thiophene rings is 1. The van der Waals surface area contributed by atoms with Gasteiger partial charge < -0.3 is 0 Å². The minimum atomic E-state index is 1.26. The number of rotatable bonds is 2. The lowest BCUT2D eigenvalue weighted by Crippen LogP contribution is -1.83. The SMILES string of the molecule is C(=C\c1c2ccccc2cc2ccccc12)/c1ccsc1. The van der Waals surface area contributed by atoms with Gasteiger partial charge in [-0.1, -0.05) is 60.7 Å². The van der Waals surface area contributed by atoms with E-state index in [0.29, 0.717) is 0 Å². The number of hydrogen-bond donors (Lipinski definition) is 0. The van der Waals surface area contributed by atoms with Crippen molar-refractivity contribution in [1.29, 1.82) is 0 Å². The van der Waals surface area contributed by atoms with Crippen molar-refractivity contribution in [1.82, 2.24) is 0 Å². The molecule has 0 spiro atoms. The van der Waals surface area contributed by atoms with Gasteiger partial charge in [-0.05, 0) is 55.6 Å². The van der Waals surface area contributed by atoms with Crippen LogP contribution in [0.25, 0.3) is 33.7 Å². The smallest absolute Gasteiger partial charge is 0.00208 e. The fourth-order valence-electron chi connectivity index (χ4n) is 2.78. The van der Waals surface area contributed by atoms with E-state index in [4.69, 9.17) is 0 Å². The molecule has 4 aromatic rings. The summed E-state index contributed by atoms with van der Waals surface area (Å²) in [6.07, 6.45) is 4.44. The Balaban J connectivity index is 2.02. The summed E-state index contributed by atoms with van der Waals surface area (Å²) in [6.45, 7) is 0. The summed E-state index contributed by atoms with van der Waals surface area (Å²) in [5.74, 6) is 0. The second-order valence-electron chi connectivity index (χ2n) is 5.12. The first-order chi connectivity index (χ1) is 10.4. The van der Waals surface area contributed by atoms with Crippen LogP contribution in [0, 0.1) is 0 Å². The highest BCUT2D eigenvalue weighted by Gasteiger charge is 2.04. The van der Waals surface area contributed by atoms with E-state index >= 15 is 0 Å². The Bertz CT molecular complexity index is 877. The van der Waals surface area contributed by atoms with Gasteiger partial charge in [0.1, 0.15) is 0 Å². The molecule has 1 heteroatoms. The lowest BCUT2D eigenvalue weighted by atomic mass is 9.96. The molecule has 0 fully saturated rings. The van der Waals surface area contributed by atoms with Crippen LogP contribution in [0.15, 0.2) is 71.4 Å². The minimum absolute atomic E-state index is 1.26. The molecule has 1 heterocycles. The molecule has 0 aliphatic carbocycles. The highest BCUT2D eigenvalue weighted by atomic mass is 32.1. The molecule has 1 aromatic heterocycles. The van der Waals surface area contributed by atoms with Gasteiger partial charge in [-0.3, -0.25) is 0 Å². The normalized spacial score (nSPS) is 11.6. The third-order valence-corrected chi connectivity index (χ3v) is 4.50. The molecule has 0 saturated carbocycles. The lowest BCUT2D eigenvalue weighted by Gasteiger charge is -2.08. The first kappa shape index (κ1) is 12.4. The summed E-state index contributed by atoms with van der Waals surface area (Å²) in [6, 6.07) is 21.6. The average molecular weight is 286 g/mol. The monoisotopic (exact) mass is 286 g/mol. The number of hydrogen-bond acceptors (Lipinski definition) is 1. The molecule has 0 bridgehead atoms. The fourth-order valence-corrected chi connectivity index (χ4v) is 3.41. The number of fused-ring (bicyclic) bond motifs is 2. The molecule has 0 amide bonds. The molecule has 0 unspecified atom stereocenters. The molecular weight excluding hydrogens is 272 g/mol. The standard InChI is InChI=1S/C20H14S/c1-3-7-18-16(5-1)13-17-6-2-4-8-19(17)20(18)10-9-15-11-12-21-14-15/h1-14H/b10-9+. The Kier molecular flexibility index (Phi) is 3.06.